The molecule has 1 aromatic carbocycles. The molecule has 1 heterocycles. The number of anilines is 1. The van der Waals surface area contributed by atoms with E-state index >= 15 is 0 Å². The second-order valence-electron chi connectivity index (χ2n) is 3.54. The molecule has 5 nitrogen and oxygen atoms in total. The van der Waals surface area contributed by atoms with Crippen molar-refractivity contribution < 1.29 is 4.74 Å². The van der Waals surface area contributed by atoms with Crippen molar-refractivity contribution in [3.63, 3.8) is 0 Å². The van der Waals surface area contributed by atoms with Crippen LogP contribution in [0, 0.1) is 0 Å². The molecule has 1 aromatic heterocycles. The number of benzene rings is 1. The smallest absolute Gasteiger partial charge is 0.275 e. The van der Waals surface area contributed by atoms with Gasteiger partial charge in [0.25, 0.3) is 5.56 Å². The Hall–Kier alpha value is -1.95. The van der Waals surface area contributed by atoms with E-state index in [4.69, 9.17) is 10.5 Å². The zero-order chi connectivity index (χ0) is 13.1. The molecule has 0 saturated carbocycles. The van der Waals surface area contributed by atoms with E-state index < -0.39 is 0 Å². The minimum absolute atomic E-state index is 0.332. The molecule has 0 fully saturated rings. The molecule has 6 heteroatoms. The van der Waals surface area contributed by atoms with Gasteiger partial charge < -0.3 is 10.5 Å². The number of ether oxygens (including phenoxy) is 1. The van der Waals surface area contributed by atoms with Crippen LogP contribution in [0.3, 0.4) is 0 Å². The average molecular weight is 263 g/mol. The average Bonchev–Trinajstić information content (AvgIpc) is 2.38. The first-order valence-corrected chi connectivity index (χ1v) is 6.46. The molecule has 2 N–H and O–H groups in total. The predicted molar refractivity (Wildman–Crippen MR) is 72.6 cm³/mol. The zero-order valence-electron chi connectivity index (χ0n) is 10.1. The van der Waals surface area contributed by atoms with Crippen molar-refractivity contribution in [1.29, 1.82) is 0 Å². The first-order chi connectivity index (χ1) is 8.65. The predicted octanol–water partition coefficient (Wildman–Crippen LogP) is 1.55. The summed E-state index contributed by atoms with van der Waals surface area (Å²) in [5, 5.41) is 0.560. The van der Waals surface area contributed by atoms with Crippen molar-refractivity contribution in [2.45, 2.75) is 5.16 Å². The van der Waals surface area contributed by atoms with Gasteiger partial charge >= 0.3 is 0 Å². The van der Waals surface area contributed by atoms with E-state index in [1.54, 1.807) is 11.7 Å². The lowest BCUT2D eigenvalue weighted by Crippen LogP contribution is -2.16. The first-order valence-electron chi connectivity index (χ1n) is 5.23. The zero-order valence-corrected chi connectivity index (χ0v) is 10.9. The van der Waals surface area contributed by atoms with Gasteiger partial charge in [-0.2, -0.15) is 4.98 Å². The Balaban J connectivity index is 2.58. The van der Waals surface area contributed by atoms with Crippen LogP contribution in [0.1, 0.15) is 0 Å². The van der Waals surface area contributed by atoms with Gasteiger partial charge in [-0.3, -0.25) is 9.36 Å². The molecule has 2 rings (SSSR count). The molecule has 0 atom stereocenters. The maximum Gasteiger partial charge on any atom is 0.275 e. The van der Waals surface area contributed by atoms with Crippen LogP contribution in [0.15, 0.2) is 40.3 Å². The maximum absolute atomic E-state index is 11.3. The van der Waals surface area contributed by atoms with Crippen molar-refractivity contribution in [2.24, 2.45) is 0 Å². The molecule has 0 spiro atoms. The minimum Gasteiger partial charge on any atom is -0.497 e. The molecule has 0 amide bonds. The largest absolute Gasteiger partial charge is 0.497 e. The topological polar surface area (TPSA) is 70.1 Å². The standard InChI is InChI=1S/C12H13N3O2S/c1-17-9-5-3-8(4-6-9)15-10(13)7-11(16)14-12(15)18-2/h3-7H,13H2,1-2H3. The fourth-order valence-electron chi connectivity index (χ4n) is 1.61. The van der Waals surface area contributed by atoms with Crippen molar-refractivity contribution in [2.75, 3.05) is 19.1 Å². The summed E-state index contributed by atoms with van der Waals surface area (Å²) >= 11 is 1.37. The summed E-state index contributed by atoms with van der Waals surface area (Å²) in [5.41, 5.74) is 6.38. The summed E-state index contributed by atoms with van der Waals surface area (Å²) in [7, 11) is 1.61. The van der Waals surface area contributed by atoms with E-state index in [1.807, 2.05) is 30.5 Å². The molecule has 0 unspecified atom stereocenters. The fourth-order valence-corrected chi connectivity index (χ4v) is 2.18. The summed E-state index contributed by atoms with van der Waals surface area (Å²) < 4.78 is 6.83. The van der Waals surface area contributed by atoms with E-state index in [-0.39, 0.29) is 5.56 Å². The van der Waals surface area contributed by atoms with E-state index in [0.717, 1.165) is 11.4 Å². The highest BCUT2D eigenvalue weighted by Gasteiger charge is 2.08. The Kier molecular flexibility index (Phi) is 3.57. The highest BCUT2D eigenvalue weighted by Crippen LogP contribution is 2.22. The molecule has 2 aromatic rings. The van der Waals surface area contributed by atoms with E-state index in [1.165, 1.54) is 17.8 Å². The maximum atomic E-state index is 11.3. The van der Waals surface area contributed by atoms with Gasteiger partial charge in [0, 0.05) is 11.8 Å². The SMILES string of the molecule is COc1ccc(-n2c(N)cc(=O)nc2SC)cc1. The molecule has 0 aliphatic carbocycles. The molecule has 0 saturated heterocycles. The van der Waals surface area contributed by atoms with E-state index in [0.29, 0.717) is 11.0 Å². The van der Waals surface area contributed by atoms with Crippen LogP contribution < -0.4 is 16.0 Å². The number of methoxy groups -OCH3 is 1. The second-order valence-corrected chi connectivity index (χ2v) is 4.31. The van der Waals surface area contributed by atoms with Crippen molar-refractivity contribution >= 4 is 17.6 Å². The van der Waals surface area contributed by atoms with Crippen LogP contribution in [0.4, 0.5) is 5.82 Å². The van der Waals surface area contributed by atoms with Gasteiger partial charge in [0.1, 0.15) is 11.6 Å². The lowest BCUT2D eigenvalue weighted by Gasteiger charge is -2.13. The molecular weight excluding hydrogens is 250 g/mol. The van der Waals surface area contributed by atoms with Gasteiger partial charge in [-0.25, -0.2) is 0 Å². The lowest BCUT2D eigenvalue weighted by atomic mass is 10.3. The number of nitrogens with two attached hydrogens (primary N) is 1. The molecule has 94 valence electrons. The highest BCUT2D eigenvalue weighted by atomic mass is 32.2. The van der Waals surface area contributed by atoms with Crippen LogP contribution in [0.5, 0.6) is 5.75 Å². The third-order valence-corrected chi connectivity index (χ3v) is 3.08. The Morgan fingerprint density at radius 2 is 2.00 bits per heavy atom. The summed E-state index contributed by atoms with van der Waals surface area (Å²) in [4.78, 5) is 15.2. The first kappa shape index (κ1) is 12.5. The molecule has 0 radical (unpaired) electrons. The number of hydrogen-bond donors (Lipinski definition) is 1. The van der Waals surface area contributed by atoms with Gasteiger partial charge in [0.05, 0.1) is 7.11 Å². The number of nitrogens with zero attached hydrogens (tertiary/aromatic N) is 2. The van der Waals surface area contributed by atoms with Gasteiger partial charge in [0.2, 0.25) is 0 Å². The Morgan fingerprint density at radius 1 is 1.33 bits per heavy atom. The Bertz CT molecular complexity index is 608. The summed E-state index contributed by atoms with van der Waals surface area (Å²) in [6.45, 7) is 0. The number of nitrogen functional groups attached to an aromatic ring is 1. The summed E-state index contributed by atoms with van der Waals surface area (Å²) in [6.07, 6.45) is 1.85. The normalized spacial score (nSPS) is 10.3. The van der Waals surface area contributed by atoms with Crippen LogP contribution >= 0.6 is 11.8 Å². The summed E-state index contributed by atoms with van der Waals surface area (Å²) in [6, 6.07) is 8.69. The second kappa shape index (κ2) is 5.14. The Labute approximate surface area is 109 Å². The monoisotopic (exact) mass is 263 g/mol. The van der Waals surface area contributed by atoms with Crippen molar-refractivity contribution in [3.8, 4) is 11.4 Å². The third kappa shape index (κ3) is 2.33. The van der Waals surface area contributed by atoms with Crippen LogP contribution in [0.2, 0.25) is 0 Å². The van der Waals surface area contributed by atoms with E-state index in [9.17, 15) is 4.79 Å². The Morgan fingerprint density at radius 3 is 2.56 bits per heavy atom. The molecule has 0 bridgehead atoms. The van der Waals surface area contributed by atoms with Crippen LogP contribution in [0.25, 0.3) is 5.69 Å². The molecular formula is C12H13N3O2S. The van der Waals surface area contributed by atoms with Crippen LogP contribution in [-0.2, 0) is 0 Å². The minimum atomic E-state index is -0.332. The molecule has 18 heavy (non-hydrogen) atoms. The van der Waals surface area contributed by atoms with Gasteiger partial charge in [-0.1, -0.05) is 11.8 Å². The van der Waals surface area contributed by atoms with Gasteiger partial charge in [-0.15, -0.1) is 0 Å². The lowest BCUT2D eigenvalue weighted by molar-refractivity contribution is 0.414. The fraction of sp³-hybridized carbons (Fsp3) is 0.167. The molecule has 0 aliphatic heterocycles. The number of rotatable bonds is 3. The van der Waals surface area contributed by atoms with Crippen molar-refractivity contribution in [3.05, 3.63) is 40.7 Å². The number of thioether (sulfide) groups is 1. The van der Waals surface area contributed by atoms with Crippen molar-refractivity contribution in [1.82, 2.24) is 9.55 Å². The van der Waals surface area contributed by atoms with E-state index in [2.05, 4.69) is 4.98 Å². The van der Waals surface area contributed by atoms with Gasteiger partial charge in [0.15, 0.2) is 5.16 Å². The quantitative estimate of drug-likeness (QED) is 0.672. The van der Waals surface area contributed by atoms with Gasteiger partial charge in [-0.05, 0) is 30.5 Å². The third-order valence-electron chi connectivity index (χ3n) is 2.44. The number of aromatic nitrogens is 2. The number of hydrogen-bond acceptors (Lipinski definition) is 5. The molecule has 0 aliphatic rings. The highest BCUT2D eigenvalue weighted by molar-refractivity contribution is 7.98. The van der Waals surface area contributed by atoms with Crippen LogP contribution in [-0.4, -0.2) is 22.9 Å². The summed E-state index contributed by atoms with van der Waals surface area (Å²) in [5.74, 6) is 1.13.